The molecule has 0 atom stereocenters. The van der Waals surface area contributed by atoms with Crippen LogP contribution in [0.15, 0.2) is 0 Å². The molecular weight excluding hydrogens is 190 g/mol. The minimum absolute atomic E-state index is 0.0382. The maximum Gasteiger partial charge on any atom is 0.112 e. The average molecular weight is 207 g/mol. The van der Waals surface area contributed by atoms with Crippen molar-refractivity contribution in [2.75, 3.05) is 0 Å². The number of aliphatic hydroxyl groups is 1. The van der Waals surface area contributed by atoms with Gasteiger partial charge in [0.25, 0.3) is 0 Å². The SMILES string of the molecule is OCc1nnn(CC2CC2)c1C1CCC1. The first-order valence-corrected chi connectivity index (χ1v) is 5.91. The van der Waals surface area contributed by atoms with Gasteiger partial charge in [-0.25, -0.2) is 4.68 Å². The van der Waals surface area contributed by atoms with Gasteiger partial charge < -0.3 is 5.11 Å². The van der Waals surface area contributed by atoms with Crippen LogP contribution < -0.4 is 0 Å². The van der Waals surface area contributed by atoms with E-state index in [1.54, 1.807) is 0 Å². The Balaban J connectivity index is 1.86. The molecule has 2 saturated carbocycles. The van der Waals surface area contributed by atoms with Crippen LogP contribution in [0.3, 0.4) is 0 Å². The number of hydrogen-bond donors (Lipinski definition) is 1. The minimum Gasteiger partial charge on any atom is -0.390 e. The normalized spacial score (nSPS) is 21.7. The van der Waals surface area contributed by atoms with Crippen LogP contribution in [0.1, 0.15) is 49.4 Å². The first kappa shape index (κ1) is 9.33. The van der Waals surface area contributed by atoms with Crippen molar-refractivity contribution in [3.05, 3.63) is 11.4 Å². The molecule has 0 saturated heterocycles. The Kier molecular flexibility index (Phi) is 2.24. The highest BCUT2D eigenvalue weighted by atomic mass is 16.3. The Morgan fingerprint density at radius 3 is 2.60 bits per heavy atom. The molecule has 4 nitrogen and oxygen atoms in total. The predicted octanol–water partition coefficient (Wildman–Crippen LogP) is 1.45. The summed E-state index contributed by atoms with van der Waals surface area (Å²) >= 11 is 0. The Labute approximate surface area is 89.3 Å². The van der Waals surface area contributed by atoms with E-state index in [9.17, 15) is 5.11 Å². The van der Waals surface area contributed by atoms with Gasteiger partial charge in [0.15, 0.2) is 0 Å². The van der Waals surface area contributed by atoms with Gasteiger partial charge in [0.1, 0.15) is 5.69 Å². The zero-order chi connectivity index (χ0) is 10.3. The Hall–Kier alpha value is -0.900. The van der Waals surface area contributed by atoms with Crippen LogP contribution in [0.5, 0.6) is 0 Å². The molecule has 2 aliphatic carbocycles. The summed E-state index contributed by atoms with van der Waals surface area (Å²) in [7, 11) is 0. The van der Waals surface area contributed by atoms with Gasteiger partial charge in [-0.1, -0.05) is 11.6 Å². The molecule has 4 heteroatoms. The second-order valence-corrected chi connectivity index (χ2v) is 4.83. The fraction of sp³-hybridized carbons (Fsp3) is 0.818. The lowest BCUT2D eigenvalue weighted by atomic mass is 9.82. The molecule has 15 heavy (non-hydrogen) atoms. The molecule has 0 spiro atoms. The third-order valence-electron chi connectivity index (χ3n) is 3.62. The van der Waals surface area contributed by atoms with Gasteiger partial charge in [-0.2, -0.15) is 0 Å². The lowest BCUT2D eigenvalue weighted by Gasteiger charge is -2.26. The van der Waals surface area contributed by atoms with Crippen LogP contribution in [0.4, 0.5) is 0 Å². The van der Waals surface area contributed by atoms with E-state index in [1.807, 2.05) is 4.68 Å². The number of nitrogens with zero attached hydrogens (tertiary/aromatic N) is 3. The standard InChI is InChI=1S/C11H17N3O/c15-7-10-11(9-2-1-3-9)14(13-12-10)6-8-4-5-8/h8-9,15H,1-7H2. The summed E-state index contributed by atoms with van der Waals surface area (Å²) in [6.45, 7) is 1.05. The highest BCUT2D eigenvalue weighted by Crippen LogP contribution is 2.39. The maximum atomic E-state index is 9.23. The number of hydrogen-bond acceptors (Lipinski definition) is 3. The van der Waals surface area contributed by atoms with Crippen molar-refractivity contribution < 1.29 is 5.11 Å². The fourth-order valence-corrected chi connectivity index (χ4v) is 2.28. The van der Waals surface area contributed by atoms with Gasteiger partial charge >= 0.3 is 0 Å². The van der Waals surface area contributed by atoms with Crippen LogP contribution >= 0.6 is 0 Å². The van der Waals surface area contributed by atoms with E-state index in [2.05, 4.69) is 10.3 Å². The molecule has 1 heterocycles. The number of aliphatic hydroxyl groups excluding tert-OH is 1. The molecule has 82 valence electrons. The van der Waals surface area contributed by atoms with Crippen molar-refractivity contribution in [3.8, 4) is 0 Å². The Morgan fingerprint density at radius 1 is 1.27 bits per heavy atom. The highest BCUT2D eigenvalue weighted by molar-refractivity contribution is 5.17. The molecular formula is C11H17N3O. The monoisotopic (exact) mass is 207 g/mol. The van der Waals surface area contributed by atoms with Gasteiger partial charge in [0.2, 0.25) is 0 Å². The summed E-state index contributed by atoms with van der Waals surface area (Å²) in [6, 6.07) is 0. The number of rotatable bonds is 4. The van der Waals surface area contributed by atoms with E-state index in [0.717, 1.165) is 18.2 Å². The van der Waals surface area contributed by atoms with E-state index < -0.39 is 0 Å². The van der Waals surface area contributed by atoms with Crippen LogP contribution in [0, 0.1) is 5.92 Å². The second kappa shape index (κ2) is 3.59. The molecule has 1 aromatic rings. The fourth-order valence-electron chi connectivity index (χ4n) is 2.28. The molecule has 0 amide bonds. The smallest absolute Gasteiger partial charge is 0.112 e. The molecule has 2 aliphatic rings. The van der Waals surface area contributed by atoms with Gasteiger partial charge in [-0.3, -0.25) is 0 Å². The Bertz CT molecular complexity index is 353. The van der Waals surface area contributed by atoms with E-state index >= 15 is 0 Å². The van der Waals surface area contributed by atoms with Crippen molar-refractivity contribution in [1.82, 2.24) is 15.0 Å². The van der Waals surface area contributed by atoms with Crippen LogP contribution in [0.25, 0.3) is 0 Å². The number of aromatic nitrogens is 3. The summed E-state index contributed by atoms with van der Waals surface area (Å²) in [6.07, 6.45) is 6.46. The topological polar surface area (TPSA) is 50.9 Å². The van der Waals surface area contributed by atoms with Crippen molar-refractivity contribution >= 4 is 0 Å². The van der Waals surface area contributed by atoms with Gasteiger partial charge in [0, 0.05) is 12.5 Å². The predicted molar refractivity (Wildman–Crippen MR) is 55.3 cm³/mol. The van der Waals surface area contributed by atoms with Crippen molar-refractivity contribution in [1.29, 1.82) is 0 Å². The van der Waals surface area contributed by atoms with E-state index in [0.29, 0.717) is 5.92 Å². The summed E-state index contributed by atoms with van der Waals surface area (Å²) < 4.78 is 2.05. The van der Waals surface area contributed by atoms with Crippen LogP contribution in [-0.2, 0) is 13.2 Å². The second-order valence-electron chi connectivity index (χ2n) is 4.83. The van der Waals surface area contributed by atoms with Gasteiger partial charge in [0.05, 0.1) is 12.3 Å². The Morgan fingerprint density at radius 2 is 2.07 bits per heavy atom. The first-order valence-electron chi connectivity index (χ1n) is 5.91. The highest BCUT2D eigenvalue weighted by Gasteiger charge is 2.30. The zero-order valence-corrected chi connectivity index (χ0v) is 8.89. The zero-order valence-electron chi connectivity index (χ0n) is 8.89. The van der Waals surface area contributed by atoms with E-state index in [1.165, 1.54) is 37.8 Å². The molecule has 0 aromatic carbocycles. The lowest BCUT2D eigenvalue weighted by molar-refractivity contribution is 0.271. The third-order valence-corrected chi connectivity index (χ3v) is 3.62. The lowest BCUT2D eigenvalue weighted by Crippen LogP contribution is -2.17. The molecule has 0 bridgehead atoms. The minimum atomic E-state index is 0.0382. The molecule has 0 aliphatic heterocycles. The summed E-state index contributed by atoms with van der Waals surface area (Å²) in [5, 5.41) is 17.5. The van der Waals surface area contributed by atoms with Crippen molar-refractivity contribution in [2.24, 2.45) is 5.92 Å². The van der Waals surface area contributed by atoms with Crippen LogP contribution in [0.2, 0.25) is 0 Å². The molecule has 1 N–H and O–H groups in total. The molecule has 2 fully saturated rings. The molecule has 0 unspecified atom stereocenters. The third kappa shape index (κ3) is 1.67. The summed E-state index contributed by atoms with van der Waals surface area (Å²) in [4.78, 5) is 0. The van der Waals surface area contributed by atoms with Gasteiger partial charge in [-0.15, -0.1) is 5.10 Å². The molecule has 0 radical (unpaired) electrons. The van der Waals surface area contributed by atoms with E-state index in [-0.39, 0.29) is 6.61 Å². The molecule has 3 rings (SSSR count). The summed E-state index contributed by atoms with van der Waals surface area (Å²) in [5.41, 5.74) is 2.02. The van der Waals surface area contributed by atoms with Crippen molar-refractivity contribution in [2.45, 2.75) is 51.2 Å². The first-order chi connectivity index (χ1) is 7.38. The van der Waals surface area contributed by atoms with Gasteiger partial charge in [-0.05, 0) is 31.6 Å². The molecule has 1 aromatic heterocycles. The van der Waals surface area contributed by atoms with Crippen LogP contribution in [-0.4, -0.2) is 20.1 Å². The largest absolute Gasteiger partial charge is 0.390 e. The van der Waals surface area contributed by atoms with E-state index in [4.69, 9.17) is 0 Å². The summed E-state index contributed by atoms with van der Waals surface area (Å²) in [5.74, 6) is 1.43. The quantitative estimate of drug-likeness (QED) is 0.813. The average Bonchev–Trinajstić information content (AvgIpc) is 2.88. The van der Waals surface area contributed by atoms with Crippen molar-refractivity contribution in [3.63, 3.8) is 0 Å². The maximum absolute atomic E-state index is 9.23.